The molecule has 1 N–H and O–H groups in total. The summed E-state index contributed by atoms with van der Waals surface area (Å²) >= 11 is 0. The van der Waals surface area contributed by atoms with Gasteiger partial charge in [-0.15, -0.1) is 0 Å². The maximum Gasteiger partial charge on any atom is 0.0824 e. The van der Waals surface area contributed by atoms with E-state index in [0.717, 1.165) is 5.56 Å². The van der Waals surface area contributed by atoms with Crippen LogP contribution in [0.25, 0.3) is 0 Å². The number of ether oxygens (including phenoxy) is 2. The molecule has 0 saturated heterocycles. The molecule has 0 aromatic heterocycles. The molecule has 0 unspecified atom stereocenters. The van der Waals surface area contributed by atoms with E-state index in [1.165, 1.54) is 0 Å². The number of aliphatic hydroxyl groups is 1. The van der Waals surface area contributed by atoms with E-state index in [-0.39, 0.29) is 0 Å². The summed E-state index contributed by atoms with van der Waals surface area (Å²) in [6, 6.07) is 10.0. The van der Waals surface area contributed by atoms with Gasteiger partial charge in [-0.2, -0.15) is 0 Å². The second-order valence-electron chi connectivity index (χ2n) is 4.40. The van der Waals surface area contributed by atoms with Gasteiger partial charge in [-0.1, -0.05) is 30.3 Å². The predicted molar refractivity (Wildman–Crippen MR) is 63.2 cm³/mol. The Balaban J connectivity index is 2.01. The summed E-state index contributed by atoms with van der Waals surface area (Å²) in [5.41, 5.74) is 0.393. The van der Waals surface area contributed by atoms with Crippen molar-refractivity contribution >= 4 is 0 Å². The molecule has 1 aromatic rings. The van der Waals surface area contributed by atoms with Gasteiger partial charge < -0.3 is 14.6 Å². The molecule has 0 aliphatic heterocycles. The normalized spacial score (nSPS) is 11.7. The Hall–Kier alpha value is -0.900. The Labute approximate surface area is 97.0 Å². The lowest BCUT2D eigenvalue weighted by Gasteiger charge is -2.16. The monoisotopic (exact) mass is 224 g/mol. The van der Waals surface area contributed by atoms with Crippen molar-refractivity contribution in [2.24, 2.45) is 0 Å². The van der Waals surface area contributed by atoms with Gasteiger partial charge in [-0.3, -0.25) is 0 Å². The van der Waals surface area contributed by atoms with Gasteiger partial charge in [0.25, 0.3) is 0 Å². The molecule has 90 valence electrons. The van der Waals surface area contributed by atoms with Gasteiger partial charge in [0.2, 0.25) is 0 Å². The lowest BCUT2D eigenvalue weighted by atomic mass is 10.2. The van der Waals surface area contributed by atoms with Crippen molar-refractivity contribution in [3.63, 3.8) is 0 Å². The molecule has 0 aliphatic carbocycles. The van der Waals surface area contributed by atoms with Gasteiger partial charge in [-0.05, 0) is 19.4 Å². The smallest absolute Gasteiger partial charge is 0.0824 e. The number of hydrogen-bond acceptors (Lipinski definition) is 3. The topological polar surface area (TPSA) is 38.7 Å². The Bertz CT molecular complexity index is 277. The summed E-state index contributed by atoms with van der Waals surface area (Å²) in [6.45, 7) is 5.44. The highest BCUT2D eigenvalue weighted by molar-refractivity contribution is 5.13. The van der Waals surface area contributed by atoms with Crippen molar-refractivity contribution in [1.29, 1.82) is 0 Å². The SMILES string of the molecule is CC(C)(O)COCCOCc1ccccc1. The van der Waals surface area contributed by atoms with Crippen molar-refractivity contribution in [1.82, 2.24) is 0 Å². The van der Waals surface area contributed by atoms with Crippen molar-refractivity contribution in [3.8, 4) is 0 Å². The molecule has 0 amide bonds. The molecule has 0 radical (unpaired) electrons. The van der Waals surface area contributed by atoms with Gasteiger partial charge in [0.1, 0.15) is 0 Å². The van der Waals surface area contributed by atoms with Crippen LogP contribution in [0.3, 0.4) is 0 Å². The third kappa shape index (κ3) is 6.56. The summed E-state index contributed by atoms with van der Waals surface area (Å²) < 4.78 is 10.7. The van der Waals surface area contributed by atoms with Crippen molar-refractivity contribution in [2.45, 2.75) is 26.1 Å². The van der Waals surface area contributed by atoms with E-state index in [4.69, 9.17) is 9.47 Å². The van der Waals surface area contributed by atoms with E-state index < -0.39 is 5.60 Å². The van der Waals surface area contributed by atoms with Crippen LogP contribution in [0.4, 0.5) is 0 Å². The first-order valence-electron chi connectivity index (χ1n) is 5.50. The van der Waals surface area contributed by atoms with E-state index in [1.807, 2.05) is 30.3 Å². The van der Waals surface area contributed by atoms with E-state index in [9.17, 15) is 5.11 Å². The highest BCUT2D eigenvalue weighted by atomic mass is 16.5. The molecule has 0 bridgehead atoms. The van der Waals surface area contributed by atoms with Crippen molar-refractivity contribution < 1.29 is 14.6 Å². The molecule has 3 heteroatoms. The van der Waals surface area contributed by atoms with E-state index >= 15 is 0 Å². The highest BCUT2D eigenvalue weighted by Gasteiger charge is 2.11. The van der Waals surface area contributed by atoms with Crippen molar-refractivity contribution in [3.05, 3.63) is 35.9 Å². The predicted octanol–water partition coefficient (Wildman–Crippen LogP) is 1.99. The maximum atomic E-state index is 9.39. The standard InChI is InChI=1S/C13H20O3/c1-13(2,14)11-16-9-8-15-10-12-6-4-3-5-7-12/h3-7,14H,8-11H2,1-2H3. The van der Waals surface area contributed by atoms with Gasteiger partial charge in [0.05, 0.1) is 32.0 Å². The van der Waals surface area contributed by atoms with Gasteiger partial charge in [0.15, 0.2) is 0 Å². The number of rotatable bonds is 7. The largest absolute Gasteiger partial charge is 0.388 e. The molecule has 1 rings (SSSR count). The third-order valence-electron chi connectivity index (χ3n) is 1.94. The first-order valence-corrected chi connectivity index (χ1v) is 5.50. The molecular formula is C13H20O3. The highest BCUT2D eigenvalue weighted by Crippen LogP contribution is 2.02. The van der Waals surface area contributed by atoms with E-state index in [0.29, 0.717) is 26.4 Å². The molecule has 0 aliphatic rings. The molecule has 1 aromatic carbocycles. The lowest BCUT2D eigenvalue weighted by Crippen LogP contribution is -2.26. The van der Waals surface area contributed by atoms with Crippen LogP contribution in [-0.2, 0) is 16.1 Å². The van der Waals surface area contributed by atoms with Crippen LogP contribution < -0.4 is 0 Å². The Morgan fingerprint density at radius 3 is 2.31 bits per heavy atom. The summed E-state index contributed by atoms with van der Waals surface area (Å²) in [6.07, 6.45) is 0. The molecule has 0 spiro atoms. The van der Waals surface area contributed by atoms with E-state index in [1.54, 1.807) is 13.8 Å². The van der Waals surface area contributed by atoms with Gasteiger partial charge >= 0.3 is 0 Å². The van der Waals surface area contributed by atoms with Crippen LogP contribution in [0.1, 0.15) is 19.4 Å². The fourth-order valence-corrected chi connectivity index (χ4v) is 1.20. The zero-order valence-electron chi connectivity index (χ0n) is 9.98. The van der Waals surface area contributed by atoms with Crippen LogP contribution in [0.15, 0.2) is 30.3 Å². The first kappa shape index (κ1) is 13.2. The number of benzene rings is 1. The molecule has 16 heavy (non-hydrogen) atoms. The van der Waals surface area contributed by atoms with Gasteiger partial charge in [-0.25, -0.2) is 0 Å². The zero-order chi connectivity index (χ0) is 11.9. The summed E-state index contributed by atoms with van der Waals surface area (Å²) in [7, 11) is 0. The quantitative estimate of drug-likeness (QED) is 0.720. The minimum atomic E-state index is -0.764. The fraction of sp³-hybridized carbons (Fsp3) is 0.538. The average molecular weight is 224 g/mol. The van der Waals surface area contributed by atoms with Crippen LogP contribution in [0.5, 0.6) is 0 Å². The Morgan fingerprint density at radius 1 is 1.06 bits per heavy atom. The minimum absolute atomic E-state index is 0.335. The summed E-state index contributed by atoms with van der Waals surface area (Å²) in [4.78, 5) is 0. The molecule has 0 fully saturated rings. The summed E-state index contributed by atoms with van der Waals surface area (Å²) in [5, 5.41) is 9.39. The van der Waals surface area contributed by atoms with E-state index in [2.05, 4.69) is 0 Å². The lowest BCUT2D eigenvalue weighted by molar-refractivity contribution is -0.0390. The Morgan fingerprint density at radius 2 is 1.69 bits per heavy atom. The first-order chi connectivity index (χ1) is 7.58. The Kier molecular flexibility index (Phi) is 5.46. The minimum Gasteiger partial charge on any atom is -0.388 e. The third-order valence-corrected chi connectivity index (χ3v) is 1.94. The molecular weight excluding hydrogens is 204 g/mol. The van der Waals surface area contributed by atoms with Gasteiger partial charge in [0, 0.05) is 0 Å². The zero-order valence-corrected chi connectivity index (χ0v) is 9.98. The summed E-state index contributed by atoms with van der Waals surface area (Å²) in [5.74, 6) is 0. The van der Waals surface area contributed by atoms with Crippen LogP contribution in [0.2, 0.25) is 0 Å². The second-order valence-corrected chi connectivity index (χ2v) is 4.40. The second kappa shape index (κ2) is 6.63. The number of hydrogen-bond donors (Lipinski definition) is 1. The van der Waals surface area contributed by atoms with Crippen LogP contribution in [-0.4, -0.2) is 30.5 Å². The molecule has 0 heterocycles. The fourth-order valence-electron chi connectivity index (χ4n) is 1.20. The molecule has 0 saturated carbocycles. The average Bonchev–Trinajstić information content (AvgIpc) is 2.23. The maximum absolute atomic E-state index is 9.39. The van der Waals surface area contributed by atoms with Crippen LogP contribution in [0, 0.1) is 0 Å². The van der Waals surface area contributed by atoms with Crippen molar-refractivity contribution in [2.75, 3.05) is 19.8 Å². The molecule has 3 nitrogen and oxygen atoms in total. The molecule has 0 atom stereocenters. The van der Waals surface area contributed by atoms with Crippen LogP contribution >= 0.6 is 0 Å².